The Morgan fingerprint density at radius 3 is 2.57 bits per heavy atom. The topological polar surface area (TPSA) is 75.0 Å². The molecule has 0 aliphatic rings. The smallest absolute Gasteiger partial charge is 0.258 e. The molecule has 0 saturated carbocycles. The first kappa shape index (κ1) is 14.5. The number of hydrogen-bond acceptors (Lipinski definition) is 4. The molecule has 21 heavy (non-hydrogen) atoms. The molecule has 0 spiro atoms. The number of nitriles is 1. The van der Waals surface area contributed by atoms with E-state index in [9.17, 15) is 4.79 Å². The predicted octanol–water partition coefficient (Wildman–Crippen LogP) is 2.21. The van der Waals surface area contributed by atoms with Crippen molar-refractivity contribution in [3.8, 4) is 11.8 Å². The van der Waals surface area contributed by atoms with Crippen LogP contribution in [0.25, 0.3) is 0 Å². The highest BCUT2D eigenvalue weighted by Gasteiger charge is 2.09. The highest BCUT2D eigenvalue weighted by atomic mass is 16.5. The van der Waals surface area contributed by atoms with Crippen molar-refractivity contribution in [3.63, 3.8) is 0 Å². The van der Waals surface area contributed by atoms with Crippen molar-refractivity contribution in [2.24, 2.45) is 0 Å². The van der Waals surface area contributed by atoms with E-state index >= 15 is 0 Å². The summed E-state index contributed by atoms with van der Waals surface area (Å²) in [7, 11) is 0. The van der Waals surface area contributed by atoms with E-state index < -0.39 is 0 Å². The van der Waals surface area contributed by atoms with Gasteiger partial charge in [-0.3, -0.25) is 9.78 Å². The Balaban J connectivity index is 1.83. The Kier molecular flexibility index (Phi) is 4.89. The fourth-order valence-electron chi connectivity index (χ4n) is 1.79. The van der Waals surface area contributed by atoms with Gasteiger partial charge in [0, 0.05) is 12.4 Å². The summed E-state index contributed by atoms with van der Waals surface area (Å²) in [6.45, 7) is 1.83. The van der Waals surface area contributed by atoms with Gasteiger partial charge in [-0.05, 0) is 48.9 Å². The summed E-state index contributed by atoms with van der Waals surface area (Å²) >= 11 is 0. The van der Waals surface area contributed by atoms with Gasteiger partial charge in [-0.2, -0.15) is 5.26 Å². The van der Waals surface area contributed by atoms with Gasteiger partial charge in [0.1, 0.15) is 5.75 Å². The Labute approximate surface area is 123 Å². The lowest BCUT2D eigenvalue weighted by Crippen LogP contribution is -2.31. The molecule has 1 amide bonds. The number of nitrogens with one attached hydrogen (secondary N) is 1. The lowest BCUT2D eigenvalue weighted by atomic mass is 10.1. The van der Waals surface area contributed by atoms with Crippen LogP contribution < -0.4 is 10.1 Å². The van der Waals surface area contributed by atoms with E-state index in [0.717, 1.165) is 5.56 Å². The van der Waals surface area contributed by atoms with Gasteiger partial charge in [-0.1, -0.05) is 0 Å². The van der Waals surface area contributed by atoms with Gasteiger partial charge < -0.3 is 10.1 Å². The summed E-state index contributed by atoms with van der Waals surface area (Å²) in [5.41, 5.74) is 1.54. The lowest BCUT2D eigenvalue weighted by Gasteiger charge is -2.14. The first-order valence-electron chi connectivity index (χ1n) is 6.51. The number of rotatable bonds is 5. The van der Waals surface area contributed by atoms with Crippen LogP contribution in [0.3, 0.4) is 0 Å². The fraction of sp³-hybridized carbons (Fsp3) is 0.188. The largest absolute Gasteiger partial charge is 0.484 e. The van der Waals surface area contributed by atoms with Crippen molar-refractivity contribution in [1.82, 2.24) is 10.3 Å². The van der Waals surface area contributed by atoms with Crippen LogP contribution in [0.2, 0.25) is 0 Å². The monoisotopic (exact) mass is 281 g/mol. The number of carbonyl (C=O) groups is 1. The number of nitrogens with zero attached hydrogens (tertiary/aromatic N) is 2. The van der Waals surface area contributed by atoms with E-state index in [1.807, 2.05) is 25.1 Å². The summed E-state index contributed by atoms with van der Waals surface area (Å²) < 4.78 is 5.37. The molecule has 2 rings (SSSR count). The Morgan fingerprint density at radius 2 is 1.95 bits per heavy atom. The van der Waals surface area contributed by atoms with Crippen LogP contribution in [-0.4, -0.2) is 17.5 Å². The number of ether oxygens (including phenoxy) is 1. The molecule has 0 unspecified atom stereocenters. The molecule has 2 aromatic rings. The molecule has 5 heteroatoms. The zero-order valence-electron chi connectivity index (χ0n) is 11.6. The van der Waals surface area contributed by atoms with Crippen molar-refractivity contribution in [3.05, 3.63) is 59.9 Å². The van der Waals surface area contributed by atoms with E-state index in [4.69, 9.17) is 10.00 Å². The minimum Gasteiger partial charge on any atom is -0.484 e. The third-order valence-electron chi connectivity index (χ3n) is 2.94. The van der Waals surface area contributed by atoms with Gasteiger partial charge in [-0.25, -0.2) is 0 Å². The minimum atomic E-state index is -0.205. The Hall–Kier alpha value is -2.87. The SMILES string of the molecule is C[C@@H](NC(=O)COc1ccc(C#N)cc1)c1ccncc1. The van der Waals surface area contributed by atoms with E-state index in [2.05, 4.69) is 10.3 Å². The quantitative estimate of drug-likeness (QED) is 0.911. The second-order valence-electron chi connectivity index (χ2n) is 4.49. The molecule has 1 N–H and O–H groups in total. The van der Waals surface area contributed by atoms with Gasteiger partial charge in [0.25, 0.3) is 5.91 Å². The molecule has 5 nitrogen and oxygen atoms in total. The normalized spacial score (nSPS) is 11.2. The van der Waals surface area contributed by atoms with Crippen molar-refractivity contribution in [2.45, 2.75) is 13.0 Å². The molecule has 0 aliphatic carbocycles. The van der Waals surface area contributed by atoms with Crippen molar-refractivity contribution >= 4 is 5.91 Å². The minimum absolute atomic E-state index is 0.0681. The zero-order valence-corrected chi connectivity index (χ0v) is 11.6. The molecule has 0 fully saturated rings. The van der Waals surface area contributed by atoms with Crippen LogP contribution in [0.5, 0.6) is 5.75 Å². The highest BCUT2D eigenvalue weighted by molar-refractivity contribution is 5.78. The standard InChI is InChI=1S/C16H15N3O2/c1-12(14-6-8-18-9-7-14)19-16(20)11-21-15-4-2-13(10-17)3-5-15/h2-9,12H,11H2,1H3,(H,19,20)/t12-/m1/s1. The van der Waals surface area contributed by atoms with Gasteiger partial charge in [0.2, 0.25) is 0 Å². The molecule has 106 valence electrons. The average Bonchev–Trinajstić information content (AvgIpc) is 2.54. The van der Waals surface area contributed by atoms with Crippen molar-refractivity contribution in [2.75, 3.05) is 6.61 Å². The van der Waals surface area contributed by atoms with Crippen LogP contribution in [0.1, 0.15) is 24.1 Å². The fourth-order valence-corrected chi connectivity index (χ4v) is 1.79. The molecule has 0 aliphatic heterocycles. The van der Waals surface area contributed by atoms with E-state index in [0.29, 0.717) is 11.3 Å². The molecule has 1 aromatic carbocycles. The van der Waals surface area contributed by atoms with Gasteiger partial charge in [-0.15, -0.1) is 0 Å². The summed E-state index contributed by atoms with van der Waals surface area (Å²) in [6, 6.07) is 12.2. The molecule has 0 saturated heterocycles. The van der Waals surface area contributed by atoms with Gasteiger partial charge >= 0.3 is 0 Å². The van der Waals surface area contributed by atoms with Gasteiger partial charge in [0.05, 0.1) is 17.7 Å². The summed E-state index contributed by atoms with van der Waals surface area (Å²) in [4.78, 5) is 15.8. The maximum absolute atomic E-state index is 11.8. The summed E-state index contributed by atoms with van der Waals surface area (Å²) in [5, 5.41) is 11.5. The molecular weight excluding hydrogens is 266 g/mol. The maximum Gasteiger partial charge on any atom is 0.258 e. The number of pyridine rings is 1. The lowest BCUT2D eigenvalue weighted by molar-refractivity contribution is -0.123. The van der Waals surface area contributed by atoms with Crippen molar-refractivity contribution in [1.29, 1.82) is 5.26 Å². The Bertz CT molecular complexity index is 633. The molecule has 0 radical (unpaired) electrons. The maximum atomic E-state index is 11.8. The zero-order chi connectivity index (χ0) is 15.1. The third kappa shape index (κ3) is 4.32. The van der Waals surface area contributed by atoms with Crippen LogP contribution in [-0.2, 0) is 4.79 Å². The molecule has 1 atom stereocenters. The second kappa shape index (κ2) is 7.06. The number of carbonyl (C=O) groups excluding carboxylic acids is 1. The number of hydrogen-bond donors (Lipinski definition) is 1. The number of aromatic nitrogens is 1. The van der Waals surface area contributed by atoms with Crippen LogP contribution in [0.4, 0.5) is 0 Å². The van der Waals surface area contributed by atoms with E-state index in [-0.39, 0.29) is 18.6 Å². The highest BCUT2D eigenvalue weighted by Crippen LogP contribution is 2.12. The first-order valence-corrected chi connectivity index (χ1v) is 6.51. The van der Waals surface area contributed by atoms with E-state index in [1.165, 1.54) is 0 Å². The summed E-state index contributed by atoms with van der Waals surface area (Å²) in [5.74, 6) is 0.351. The van der Waals surface area contributed by atoms with Crippen molar-refractivity contribution < 1.29 is 9.53 Å². The predicted molar refractivity (Wildman–Crippen MR) is 77.4 cm³/mol. The third-order valence-corrected chi connectivity index (χ3v) is 2.94. The van der Waals surface area contributed by atoms with Gasteiger partial charge in [0.15, 0.2) is 6.61 Å². The van der Waals surface area contributed by atoms with Crippen LogP contribution in [0.15, 0.2) is 48.8 Å². The number of amides is 1. The molecule has 1 heterocycles. The molecule has 1 aromatic heterocycles. The molecule has 0 bridgehead atoms. The Morgan fingerprint density at radius 1 is 1.29 bits per heavy atom. The summed E-state index contributed by atoms with van der Waals surface area (Å²) in [6.07, 6.45) is 3.37. The van der Waals surface area contributed by atoms with Crippen LogP contribution in [0, 0.1) is 11.3 Å². The second-order valence-corrected chi connectivity index (χ2v) is 4.49. The number of benzene rings is 1. The first-order chi connectivity index (χ1) is 10.2. The van der Waals surface area contributed by atoms with E-state index in [1.54, 1.807) is 36.7 Å². The average molecular weight is 281 g/mol. The molecular formula is C16H15N3O2. The van der Waals surface area contributed by atoms with Crippen LogP contribution >= 0.6 is 0 Å².